The third-order valence-electron chi connectivity index (χ3n) is 5.33. The predicted molar refractivity (Wildman–Crippen MR) is 136 cm³/mol. The van der Waals surface area contributed by atoms with Gasteiger partial charge in [-0.15, -0.1) is 0 Å². The number of hydrogen-bond donors (Lipinski definition) is 0. The molecule has 0 unspecified atom stereocenters. The topological polar surface area (TPSA) is 9.23 Å². The summed E-state index contributed by atoms with van der Waals surface area (Å²) in [5, 5.41) is 5.22. The van der Waals surface area contributed by atoms with Crippen LogP contribution in [-0.4, -0.2) is 18.1 Å². The summed E-state index contributed by atoms with van der Waals surface area (Å²) in [6.07, 6.45) is 0. The van der Waals surface area contributed by atoms with Gasteiger partial charge >= 0.3 is 0 Å². The molecule has 0 aliphatic rings. The van der Waals surface area contributed by atoms with Gasteiger partial charge in [-0.05, 0) is 48.4 Å². The highest BCUT2D eigenvalue weighted by molar-refractivity contribution is 6.91. The first-order valence-corrected chi connectivity index (χ1v) is 13.5. The van der Waals surface area contributed by atoms with Gasteiger partial charge in [-0.2, -0.15) is 0 Å². The fourth-order valence-corrected chi connectivity index (χ4v) is 9.61. The number of benzene rings is 4. The van der Waals surface area contributed by atoms with Crippen molar-refractivity contribution in [3.05, 3.63) is 119 Å². The first-order chi connectivity index (χ1) is 15.0. The van der Waals surface area contributed by atoms with E-state index in [0.29, 0.717) is 0 Å². The van der Waals surface area contributed by atoms with Crippen molar-refractivity contribution in [2.45, 2.75) is 27.7 Å². The van der Waals surface area contributed by atoms with E-state index >= 15 is 0 Å². The van der Waals surface area contributed by atoms with E-state index < -0.39 is 18.1 Å². The molecule has 0 spiro atoms. The Labute approximate surface area is 189 Å². The van der Waals surface area contributed by atoms with Gasteiger partial charge < -0.3 is 4.12 Å². The van der Waals surface area contributed by atoms with E-state index in [1.807, 2.05) is 0 Å². The molecule has 4 rings (SSSR count). The van der Waals surface area contributed by atoms with Gasteiger partial charge in [0.2, 0.25) is 0 Å². The van der Waals surface area contributed by atoms with E-state index in [9.17, 15) is 0 Å². The van der Waals surface area contributed by atoms with Crippen molar-refractivity contribution in [3.8, 4) is 0 Å². The summed E-state index contributed by atoms with van der Waals surface area (Å²) in [5.41, 5.74) is 5.10. The van der Waals surface area contributed by atoms with Crippen LogP contribution < -0.4 is 20.7 Å². The highest BCUT2D eigenvalue weighted by Crippen LogP contribution is 2.06. The molecule has 31 heavy (non-hydrogen) atoms. The second kappa shape index (κ2) is 9.60. The Morgan fingerprint density at radius 3 is 0.903 bits per heavy atom. The van der Waals surface area contributed by atoms with Gasteiger partial charge in [-0.1, -0.05) is 119 Å². The standard InChI is InChI=1S/C28H28OSi2/c1-21-9-5-13-25(17-21)30(26-14-6-10-22(2)18-26)29-31(27-15-7-11-23(3)19-27)28-16-8-12-24(4)20-28/h5-20H,1-4H3. The first-order valence-electron chi connectivity index (χ1n) is 10.7. The molecule has 0 fully saturated rings. The fraction of sp³-hybridized carbons (Fsp3) is 0.143. The van der Waals surface area contributed by atoms with E-state index in [1.165, 1.54) is 43.0 Å². The van der Waals surface area contributed by atoms with Crippen LogP contribution in [0.2, 0.25) is 0 Å². The molecule has 0 N–H and O–H groups in total. The Hall–Kier alpha value is -2.73. The van der Waals surface area contributed by atoms with Crippen LogP contribution in [0.3, 0.4) is 0 Å². The average molecular weight is 437 g/mol. The lowest BCUT2D eigenvalue weighted by Gasteiger charge is -2.24. The van der Waals surface area contributed by atoms with Crippen molar-refractivity contribution in [1.82, 2.24) is 0 Å². The zero-order valence-electron chi connectivity index (χ0n) is 18.6. The highest BCUT2D eigenvalue weighted by Gasteiger charge is 2.28. The van der Waals surface area contributed by atoms with Crippen LogP contribution in [0.15, 0.2) is 97.1 Å². The normalized spacial score (nSPS) is 11.3. The molecule has 0 heterocycles. The van der Waals surface area contributed by atoms with Gasteiger partial charge in [0.25, 0.3) is 18.1 Å². The smallest absolute Gasteiger partial charge is 0.272 e. The molecular formula is C28H28OSi2. The molecule has 3 heteroatoms. The maximum atomic E-state index is 7.22. The van der Waals surface area contributed by atoms with Crippen LogP contribution >= 0.6 is 0 Å². The molecule has 0 aliphatic heterocycles. The van der Waals surface area contributed by atoms with Crippen LogP contribution in [0.4, 0.5) is 0 Å². The van der Waals surface area contributed by atoms with Crippen molar-refractivity contribution >= 4 is 38.8 Å². The molecule has 154 valence electrons. The second-order valence-electron chi connectivity index (χ2n) is 8.24. The van der Waals surface area contributed by atoms with Gasteiger partial charge in [0, 0.05) is 0 Å². The molecular weight excluding hydrogens is 408 g/mol. The van der Waals surface area contributed by atoms with E-state index in [-0.39, 0.29) is 0 Å². The Balaban J connectivity index is 1.84. The maximum Gasteiger partial charge on any atom is 0.272 e. The van der Waals surface area contributed by atoms with Crippen LogP contribution in [0.1, 0.15) is 22.3 Å². The molecule has 0 saturated carbocycles. The predicted octanol–water partition coefficient (Wildman–Crippen LogP) is 3.85. The summed E-state index contributed by atoms with van der Waals surface area (Å²) < 4.78 is 7.22. The number of hydrogen-bond acceptors (Lipinski definition) is 1. The first kappa shape index (κ1) is 21.5. The Bertz CT molecular complexity index is 1000. The Morgan fingerprint density at radius 1 is 0.419 bits per heavy atom. The third kappa shape index (κ3) is 5.31. The minimum absolute atomic E-state index is 1.27. The number of rotatable bonds is 6. The zero-order chi connectivity index (χ0) is 21.8. The Kier molecular flexibility index (Phi) is 6.66. The molecule has 4 aromatic rings. The molecule has 0 saturated heterocycles. The zero-order valence-corrected chi connectivity index (χ0v) is 20.6. The highest BCUT2D eigenvalue weighted by atomic mass is 28.4. The van der Waals surface area contributed by atoms with E-state index in [0.717, 1.165) is 0 Å². The lowest BCUT2D eigenvalue weighted by molar-refractivity contribution is 0.633. The van der Waals surface area contributed by atoms with Crippen molar-refractivity contribution < 1.29 is 4.12 Å². The third-order valence-corrected chi connectivity index (χ3v) is 10.3. The summed E-state index contributed by atoms with van der Waals surface area (Å²) in [5.74, 6) is 0. The molecule has 0 aromatic heterocycles. The summed E-state index contributed by atoms with van der Waals surface area (Å²) in [6.45, 7) is 8.64. The quantitative estimate of drug-likeness (QED) is 0.417. The Morgan fingerprint density at radius 2 is 0.677 bits per heavy atom. The van der Waals surface area contributed by atoms with Crippen molar-refractivity contribution in [2.75, 3.05) is 0 Å². The van der Waals surface area contributed by atoms with Crippen molar-refractivity contribution in [2.24, 2.45) is 0 Å². The summed E-state index contributed by atoms with van der Waals surface area (Å²) in [7, 11) is -2.83. The minimum atomic E-state index is -1.42. The summed E-state index contributed by atoms with van der Waals surface area (Å²) >= 11 is 0. The second-order valence-corrected chi connectivity index (χ2v) is 12.7. The molecule has 2 radical (unpaired) electrons. The van der Waals surface area contributed by atoms with E-state index in [2.05, 4.69) is 125 Å². The van der Waals surface area contributed by atoms with Crippen molar-refractivity contribution in [1.29, 1.82) is 0 Å². The molecule has 0 atom stereocenters. The van der Waals surface area contributed by atoms with Crippen LogP contribution in [0, 0.1) is 27.7 Å². The van der Waals surface area contributed by atoms with E-state index in [4.69, 9.17) is 4.12 Å². The van der Waals surface area contributed by atoms with Crippen molar-refractivity contribution in [3.63, 3.8) is 0 Å². The molecule has 0 bridgehead atoms. The maximum absolute atomic E-state index is 7.22. The summed E-state index contributed by atoms with van der Waals surface area (Å²) in [6, 6.07) is 35.4. The minimum Gasteiger partial charge on any atom is -0.442 e. The van der Waals surface area contributed by atoms with Gasteiger partial charge in [0.1, 0.15) is 0 Å². The van der Waals surface area contributed by atoms with Gasteiger partial charge in [-0.3, -0.25) is 0 Å². The molecule has 4 aromatic carbocycles. The fourth-order valence-electron chi connectivity index (χ4n) is 3.82. The monoisotopic (exact) mass is 436 g/mol. The largest absolute Gasteiger partial charge is 0.442 e. The molecule has 0 amide bonds. The lowest BCUT2D eigenvalue weighted by atomic mass is 10.2. The van der Waals surface area contributed by atoms with Gasteiger partial charge in [0.05, 0.1) is 0 Å². The van der Waals surface area contributed by atoms with Crippen LogP contribution in [0.5, 0.6) is 0 Å². The average Bonchev–Trinajstić information content (AvgIpc) is 2.74. The van der Waals surface area contributed by atoms with Crippen LogP contribution in [0.25, 0.3) is 0 Å². The molecule has 0 aliphatic carbocycles. The van der Waals surface area contributed by atoms with E-state index in [1.54, 1.807) is 0 Å². The van der Waals surface area contributed by atoms with Gasteiger partial charge in [-0.25, -0.2) is 0 Å². The van der Waals surface area contributed by atoms with Gasteiger partial charge in [0.15, 0.2) is 0 Å². The summed E-state index contributed by atoms with van der Waals surface area (Å²) in [4.78, 5) is 0. The SMILES string of the molecule is Cc1cccc([Si](O[Si](c2cccc(C)c2)c2cccc(C)c2)c2cccc(C)c2)c1. The lowest BCUT2D eigenvalue weighted by Crippen LogP contribution is -2.56. The number of aryl methyl sites for hydroxylation is 4. The molecule has 1 nitrogen and oxygen atoms in total. The van der Waals surface area contributed by atoms with Crippen LogP contribution in [-0.2, 0) is 4.12 Å².